The average Bonchev–Trinajstić information content (AvgIpc) is 2.95. The fourth-order valence-corrected chi connectivity index (χ4v) is 5.22. The molecule has 0 aromatic rings. The minimum atomic E-state index is -1.49. The normalized spacial score (nSPS) is 11.0. The number of carboxylic acid groups (broad SMARTS) is 1. The first kappa shape index (κ1) is 40.8. The summed E-state index contributed by atoms with van der Waals surface area (Å²) in [6, 6.07) is 0. The van der Waals surface area contributed by atoms with Crippen LogP contribution >= 0.6 is 9.24 Å². The number of ketones is 3. The van der Waals surface area contributed by atoms with Gasteiger partial charge >= 0.3 is 6.16 Å². The maximum atomic E-state index is 13.2. The Labute approximate surface area is 248 Å². The summed E-state index contributed by atoms with van der Waals surface area (Å²) >= 11 is 0. The number of methoxy groups -OCH3 is 1. The second kappa shape index (κ2) is 29.2. The molecule has 0 radical (unpaired) electrons. The highest BCUT2D eigenvalue weighted by atomic mass is 31.0. The van der Waals surface area contributed by atoms with Gasteiger partial charge in [-0.3, -0.25) is 14.4 Å². The van der Waals surface area contributed by atoms with Crippen LogP contribution in [0.15, 0.2) is 0 Å². The van der Waals surface area contributed by atoms with E-state index in [1.807, 2.05) is 0 Å². The number of unbranched alkanes of at least 4 members (excludes halogenated alkanes) is 18. The first-order valence-corrected chi connectivity index (χ1v) is 17.0. The van der Waals surface area contributed by atoms with E-state index >= 15 is 0 Å². The lowest BCUT2D eigenvalue weighted by Gasteiger charge is -2.25. The van der Waals surface area contributed by atoms with Gasteiger partial charge in [-0.1, -0.05) is 136 Å². The van der Waals surface area contributed by atoms with Crippen LogP contribution in [0.4, 0.5) is 4.79 Å². The van der Waals surface area contributed by atoms with E-state index < -0.39 is 11.3 Å². The van der Waals surface area contributed by atoms with Gasteiger partial charge in [0.25, 0.3) is 0 Å². The van der Waals surface area contributed by atoms with Crippen molar-refractivity contribution in [2.45, 2.75) is 180 Å². The zero-order valence-electron chi connectivity index (χ0n) is 26.5. The molecule has 0 fully saturated rings. The minimum absolute atomic E-state index is 0.156. The van der Waals surface area contributed by atoms with Crippen molar-refractivity contribution >= 4 is 32.7 Å². The molecule has 0 saturated heterocycles. The summed E-state index contributed by atoms with van der Waals surface area (Å²) in [4.78, 5) is 48.9. The van der Waals surface area contributed by atoms with Crippen LogP contribution < -0.4 is 0 Å². The zero-order valence-corrected chi connectivity index (χ0v) is 27.7. The number of carbonyl (C=O) groups is 4. The molecule has 0 aliphatic heterocycles. The zero-order chi connectivity index (χ0) is 30.5. The lowest BCUT2D eigenvalue weighted by atomic mass is 9.85. The van der Waals surface area contributed by atoms with Crippen molar-refractivity contribution in [1.82, 2.24) is 0 Å². The molecular weight excluding hydrogens is 523 g/mol. The number of hydrogen-bond acceptors (Lipinski definition) is 5. The Morgan fingerprint density at radius 1 is 0.500 bits per heavy atom. The van der Waals surface area contributed by atoms with Gasteiger partial charge in [0.2, 0.25) is 0 Å². The van der Waals surface area contributed by atoms with Crippen LogP contribution in [-0.2, 0) is 19.1 Å². The van der Waals surface area contributed by atoms with E-state index in [2.05, 4.69) is 34.7 Å². The molecule has 40 heavy (non-hydrogen) atoms. The van der Waals surface area contributed by atoms with Crippen LogP contribution in [0.2, 0.25) is 0 Å². The molecule has 1 N–H and O–H groups in total. The summed E-state index contributed by atoms with van der Waals surface area (Å²) in [7, 11) is 3.55. The molecule has 0 aromatic carbocycles. The Morgan fingerprint density at radius 2 is 0.700 bits per heavy atom. The van der Waals surface area contributed by atoms with E-state index in [0.717, 1.165) is 64.9 Å². The molecule has 0 aliphatic rings. The molecule has 0 aliphatic carbocycles. The van der Waals surface area contributed by atoms with Crippen LogP contribution in [0.5, 0.6) is 0 Å². The van der Waals surface area contributed by atoms with Crippen molar-refractivity contribution in [3.05, 3.63) is 0 Å². The molecule has 0 rings (SSSR count). The van der Waals surface area contributed by atoms with E-state index in [-0.39, 0.29) is 17.3 Å². The Balaban J connectivity index is 0. The average molecular weight is 587 g/mol. The van der Waals surface area contributed by atoms with Gasteiger partial charge in [-0.25, -0.2) is 4.79 Å². The molecule has 6 nitrogen and oxygen atoms in total. The van der Waals surface area contributed by atoms with Crippen molar-refractivity contribution in [3.63, 3.8) is 0 Å². The Kier molecular flexibility index (Phi) is 29.8. The standard InChI is InChI=1S/C31H59O3P.C2H4O3/c1-4-7-10-13-16-19-22-25-28(32)31(35,29(33)26-23-20-17-14-11-8-5-2)30(34)27-24-21-18-15-12-9-6-3;1-5-2(3)4/h4-27,35H2,1-3H3;1H3,(H,3,4). The second-order valence-corrected chi connectivity index (χ2v) is 12.0. The van der Waals surface area contributed by atoms with Crippen LogP contribution in [-0.4, -0.2) is 40.9 Å². The van der Waals surface area contributed by atoms with Gasteiger partial charge in [0, 0.05) is 19.3 Å². The number of rotatable bonds is 27. The summed E-state index contributed by atoms with van der Waals surface area (Å²) in [6.07, 6.45) is 23.5. The summed E-state index contributed by atoms with van der Waals surface area (Å²) in [5.74, 6) is -0.467. The van der Waals surface area contributed by atoms with Crippen molar-refractivity contribution in [2.75, 3.05) is 7.11 Å². The summed E-state index contributed by atoms with van der Waals surface area (Å²) in [5.41, 5.74) is 0. The van der Waals surface area contributed by atoms with Gasteiger partial charge < -0.3 is 9.84 Å². The summed E-state index contributed by atoms with van der Waals surface area (Å²) < 4.78 is 3.67. The predicted molar refractivity (Wildman–Crippen MR) is 170 cm³/mol. The monoisotopic (exact) mass is 586 g/mol. The fraction of sp³-hybridized carbons (Fsp3) is 0.879. The summed E-state index contributed by atoms with van der Waals surface area (Å²) in [6.45, 7) is 6.64. The lowest BCUT2D eigenvalue weighted by molar-refractivity contribution is -0.137. The lowest BCUT2D eigenvalue weighted by Crippen LogP contribution is -2.48. The minimum Gasteiger partial charge on any atom is -0.450 e. The SMILES string of the molecule is CCCCCCCCCC(=O)C(P)(C(=O)CCCCCCCCC)C(=O)CCCCCCCCC.COC(=O)O. The summed E-state index contributed by atoms with van der Waals surface area (Å²) in [5, 5.41) is 6.01. The molecular formula is C33H63O6P. The third kappa shape index (κ3) is 22.4. The van der Waals surface area contributed by atoms with E-state index in [1.54, 1.807) is 0 Å². The maximum Gasteiger partial charge on any atom is 0.505 e. The number of ether oxygens (including phenoxy) is 1. The Bertz CT molecular complexity index is 575. The van der Waals surface area contributed by atoms with Crippen LogP contribution in [0.25, 0.3) is 0 Å². The van der Waals surface area contributed by atoms with E-state index in [0.29, 0.717) is 19.3 Å². The predicted octanol–water partition coefficient (Wildman–Crippen LogP) is 10.0. The molecule has 0 saturated carbocycles. The topological polar surface area (TPSA) is 97.7 Å². The highest BCUT2D eigenvalue weighted by Crippen LogP contribution is 2.30. The molecule has 0 bridgehead atoms. The molecule has 0 amide bonds. The van der Waals surface area contributed by atoms with Gasteiger partial charge in [-0.15, -0.1) is 9.24 Å². The molecule has 236 valence electrons. The Hall–Kier alpha value is -1.29. The molecule has 0 aromatic heterocycles. The van der Waals surface area contributed by atoms with Crippen LogP contribution in [0.1, 0.15) is 175 Å². The van der Waals surface area contributed by atoms with Crippen molar-refractivity contribution in [2.24, 2.45) is 0 Å². The highest BCUT2D eigenvalue weighted by molar-refractivity contribution is 7.26. The number of carbonyl (C=O) groups excluding carboxylic acids is 3. The molecule has 1 atom stereocenters. The van der Waals surface area contributed by atoms with Gasteiger partial charge in [0.1, 0.15) is 0 Å². The van der Waals surface area contributed by atoms with E-state index in [9.17, 15) is 14.4 Å². The fourth-order valence-electron chi connectivity index (χ4n) is 4.79. The molecule has 1 unspecified atom stereocenters. The molecule has 0 spiro atoms. The Morgan fingerprint density at radius 3 is 0.900 bits per heavy atom. The number of Topliss-reactive ketones (excluding diaryl/α,β-unsaturated/α-hetero) is 3. The quantitative estimate of drug-likeness (QED) is 0.0445. The van der Waals surface area contributed by atoms with Gasteiger partial charge in [-0.2, -0.15) is 0 Å². The second-order valence-electron chi connectivity index (χ2n) is 11.2. The molecule has 7 heteroatoms. The largest absolute Gasteiger partial charge is 0.505 e. The smallest absolute Gasteiger partial charge is 0.450 e. The highest BCUT2D eigenvalue weighted by Gasteiger charge is 2.45. The van der Waals surface area contributed by atoms with Gasteiger partial charge in [0.15, 0.2) is 22.5 Å². The third-order valence-electron chi connectivity index (χ3n) is 7.52. The van der Waals surface area contributed by atoms with Crippen molar-refractivity contribution in [1.29, 1.82) is 0 Å². The van der Waals surface area contributed by atoms with Crippen molar-refractivity contribution in [3.8, 4) is 0 Å². The maximum absolute atomic E-state index is 13.2. The first-order chi connectivity index (χ1) is 19.2. The van der Waals surface area contributed by atoms with Gasteiger partial charge in [-0.05, 0) is 19.3 Å². The van der Waals surface area contributed by atoms with Crippen LogP contribution in [0.3, 0.4) is 0 Å². The van der Waals surface area contributed by atoms with Crippen LogP contribution in [0, 0.1) is 0 Å². The van der Waals surface area contributed by atoms with Crippen molar-refractivity contribution < 1.29 is 29.0 Å². The third-order valence-corrected chi connectivity index (χ3v) is 8.48. The van der Waals surface area contributed by atoms with E-state index in [4.69, 9.17) is 9.90 Å². The van der Waals surface area contributed by atoms with Gasteiger partial charge in [0.05, 0.1) is 7.11 Å². The molecule has 0 heterocycles. The number of hydrogen-bond donors (Lipinski definition) is 1. The first-order valence-electron chi connectivity index (χ1n) is 16.4. The van der Waals surface area contributed by atoms with E-state index in [1.165, 1.54) is 77.0 Å².